The first-order valence-electron chi connectivity index (χ1n) is 7.05. The van der Waals surface area contributed by atoms with E-state index in [1.54, 1.807) is 0 Å². The van der Waals surface area contributed by atoms with Gasteiger partial charge in [0, 0.05) is 38.1 Å². The van der Waals surface area contributed by atoms with Crippen LogP contribution in [0.1, 0.15) is 17.3 Å². The van der Waals surface area contributed by atoms with Crippen LogP contribution in [0.2, 0.25) is 0 Å². The van der Waals surface area contributed by atoms with E-state index in [4.69, 9.17) is 4.74 Å². The predicted octanol–water partition coefficient (Wildman–Crippen LogP) is 2.24. The van der Waals surface area contributed by atoms with Crippen LogP contribution < -0.4 is 4.74 Å². The first-order valence-corrected chi connectivity index (χ1v) is 8.17. The van der Waals surface area contributed by atoms with Crippen LogP contribution in [0.3, 0.4) is 0 Å². The van der Waals surface area contributed by atoms with Gasteiger partial charge in [-0.1, -0.05) is 28.1 Å². The second-order valence-electron chi connectivity index (χ2n) is 4.75. The first kappa shape index (κ1) is 15.3. The molecule has 1 fully saturated rings. The second kappa shape index (κ2) is 7.64. The third kappa shape index (κ3) is 3.73. The zero-order chi connectivity index (χ0) is 14.4. The summed E-state index contributed by atoms with van der Waals surface area (Å²) in [6, 6.07) is 7.49. The van der Waals surface area contributed by atoms with Crippen molar-refractivity contribution in [2.24, 2.45) is 0 Å². The number of ether oxygens (including phenoxy) is 1. The van der Waals surface area contributed by atoms with Gasteiger partial charge in [-0.3, -0.25) is 9.69 Å². The predicted molar refractivity (Wildman–Crippen MR) is 83.7 cm³/mol. The molecule has 1 aromatic carbocycles. The van der Waals surface area contributed by atoms with E-state index in [1.807, 2.05) is 36.1 Å². The lowest BCUT2D eigenvalue weighted by atomic mass is 10.1. The summed E-state index contributed by atoms with van der Waals surface area (Å²) in [5.74, 6) is 0.760. The van der Waals surface area contributed by atoms with Crippen molar-refractivity contribution >= 4 is 21.8 Å². The van der Waals surface area contributed by atoms with Gasteiger partial charge in [-0.15, -0.1) is 0 Å². The SMILES string of the molecule is CCOc1ccccc1C(=O)N1CCN(CCBr)CC1. The Morgan fingerprint density at radius 1 is 1.25 bits per heavy atom. The molecule has 1 aliphatic heterocycles. The molecular formula is C15H21BrN2O2. The number of hydrogen-bond donors (Lipinski definition) is 0. The minimum absolute atomic E-state index is 0.0764. The summed E-state index contributed by atoms with van der Waals surface area (Å²) in [4.78, 5) is 16.9. The zero-order valence-corrected chi connectivity index (χ0v) is 13.4. The van der Waals surface area contributed by atoms with Crippen molar-refractivity contribution in [2.75, 3.05) is 44.7 Å². The number of hydrogen-bond acceptors (Lipinski definition) is 3. The van der Waals surface area contributed by atoms with E-state index >= 15 is 0 Å². The van der Waals surface area contributed by atoms with Crippen LogP contribution in [0.4, 0.5) is 0 Å². The number of carbonyl (C=O) groups is 1. The van der Waals surface area contributed by atoms with E-state index < -0.39 is 0 Å². The number of amides is 1. The fraction of sp³-hybridized carbons (Fsp3) is 0.533. The van der Waals surface area contributed by atoms with E-state index in [2.05, 4.69) is 20.8 Å². The standard InChI is InChI=1S/C15H21BrN2O2/c1-2-20-14-6-4-3-5-13(14)15(19)18-11-9-17(8-7-16)10-12-18/h3-6H,2,7-12H2,1H3. The molecule has 5 heteroatoms. The normalized spacial score (nSPS) is 16.2. The molecule has 1 heterocycles. The number of alkyl halides is 1. The first-order chi connectivity index (χ1) is 9.76. The van der Waals surface area contributed by atoms with Gasteiger partial charge in [-0.25, -0.2) is 0 Å². The quantitative estimate of drug-likeness (QED) is 0.770. The molecule has 2 rings (SSSR count). The molecule has 0 aromatic heterocycles. The van der Waals surface area contributed by atoms with Gasteiger partial charge in [-0.2, -0.15) is 0 Å². The summed E-state index contributed by atoms with van der Waals surface area (Å²) in [5, 5.41) is 0.980. The van der Waals surface area contributed by atoms with Crippen molar-refractivity contribution in [3.05, 3.63) is 29.8 Å². The maximum atomic E-state index is 12.6. The molecule has 20 heavy (non-hydrogen) atoms. The lowest BCUT2D eigenvalue weighted by Crippen LogP contribution is -2.49. The van der Waals surface area contributed by atoms with Crippen LogP contribution in [0.5, 0.6) is 5.75 Å². The second-order valence-corrected chi connectivity index (χ2v) is 5.54. The largest absolute Gasteiger partial charge is 0.493 e. The van der Waals surface area contributed by atoms with E-state index in [1.165, 1.54) is 0 Å². The minimum Gasteiger partial charge on any atom is -0.493 e. The lowest BCUT2D eigenvalue weighted by molar-refractivity contribution is 0.0641. The Balaban J connectivity index is 2.02. The molecule has 1 aliphatic rings. The van der Waals surface area contributed by atoms with E-state index in [9.17, 15) is 4.79 Å². The molecule has 0 atom stereocenters. The molecule has 0 N–H and O–H groups in total. The smallest absolute Gasteiger partial charge is 0.257 e. The van der Waals surface area contributed by atoms with E-state index in [0.717, 1.165) is 38.1 Å². The monoisotopic (exact) mass is 340 g/mol. The van der Waals surface area contributed by atoms with Crippen molar-refractivity contribution in [2.45, 2.75) is 6.92 Å². The zero-order valence-electron chi connectivity index (χ0n) is 11.8. The third-order valence-corrected chi connectivity index (χ3v) is 3.83. The van der Waals surface area contributed by atoms with Crippen LogP contribution in [-0.4, -0.2) is 60.4 Å². The third-order valence-electron chi connectivity index (χ3n) is 3.48. The van der Waals surface area contributed by atoms with Crippen LogP contribution in [0, 0.1) is 0 Å². The molecular weight excluding hydrogens is 320 g/mol. The Morgan fingerprint density at radius 3 is 2.60 bits per heavy atom. The molecule has 1 aromatic rings. The maximum absolute atomic E-state index is 12.6. The fourth-order valence-corrected chi connectivity index (χ4v) is 2.89. The van der Waals surface area contributed by atoms with Gasteiger partial charge in [0.2, 0.25) is 0 Å². The average molecular weight is 341 g/mol. The van der Waals surface area contributed by atoms with E-state index in [0.29, 0.717) is 17.9 Å². The minimum atomic E-state index is 0.0764. The summed E-state index contributed by atoms with van der Waals surface area (Å²) < 4.78 is 5.54. The molecule has 0 unspecified atom stereocenters. The molecule has 1 saturated heterocycles. The highest BCUT2D eigenvalue weighted by Crippen LogP contribution is 2.20. The molecule has 0 bridgehead atoms. The molecule has 0 saturated carbocycles. The number of rotatable bonds is 5. The number of piperazine rings is 1. The molecule has 1 amide bonds. The molecule has 0 radical (unpaired) electrons. The maximum Gasteiger partial charge on any atom is 0.257 e. The van der Waals surface area contributed by atoms with Crippen molar-refractivity contribution < 1.29 is 9.53 Å². The van der Waals surface area contributed by atoms with Gasteiger partial charge in [0.15, 0.2) is 0 Å². The van der Waals surface area contributed by atoms with Crippen molar-refractivity contribution in [3.63, 3.8) is 0 Å². The fourth-order valence-electron chi connectivity index (χ4n) is 2.39. The highest BCUT2D eigenvalue weighted by Gasteiger charge is 2.23. The molecule has 4 nitrogen and oxygen atoms in total. The highest BCUT2D eigenvalue weighted by atomic mass is 79.9. The topological polar surface area (TPSA) is 32.8 Å². The molecule has 0 aliphatic carbocycles. The van der Waals surface area contributed by atoms with Crippen LogP contribution >= 0.6 is 15.9 Å². The van der Waals surface area contributed by atoms with Crippen molar-refractivity contribution in [3.8, 4) is 5.75 Å². The number of para-hydroxylation sites is 1. The van der Waals surface area contributed by atoms with Crippen LogP contribution in [0.15, 0.2) is 24.3 Å². The Morgan fingerprint density at radius 2 is 1.95 bits per heavy atom. The summed E-state index contributed by atoms with van der Waals surface area (Å²) in [5.41, 5.74) is 0.670. The van der Waals surface area contributed by atoms with Gasteiger partial charge in [-0.05, 0) is 19.1 Å². The number of benzene rings is 1. The average Bonchev–Trinajstić information content (AvgIpc) is 2.49. The van der Waals surface area contributed by atoms with Gasteiger partial charge < -0.3 is 9.64 Å². The summed E-state index contributed by atoms with van der Waals surface area (Å²) in [7, 11) is 0. The van der Waals surface area contributed by atoms with E-state index in [-0.39, 0.29) is 5.91 Å². The number of nitrogens with zero attached hydrogens (tertiary/aromatic N) is 2. The van der Waals surface area contributed by atoms with Crippen LogP contribution in [0.25, 0.3) is 0 Å². The van der Waals surface area contributed by atoms with Gasteiger partial charge in [0.05, 0.1) is 12.2 Å². The molecule has 0 spiro atoms. The van der Waals surface area contributed by atoms with Gasteiger partial charge in [0.25, 0.3) is 5.91 Å². The number of carbonyl (C=O) groups excluding carboxylic acids is 1. The van der Waals surface area contributed by atoms with Crippen LogP contribution in [-0.2, 0) is 0 Å². The van der Waals surface area contributed by atoms with Gasteiger partial charge in [0.1, 0.15) is 5.75 Å². The van der Waals surface area contributed by atoms with Crippen molar-refractivity contribution in [1.29, 1.82) is 0 Å². The lowest BCUT2D eigenvalue weighted by Gasteiger charge is -2.34. The Labute approximate surface area is 128 Å². The Bertz CT molecular complexity index is 445. The Kier molecular flexibility index (Phi) is 5.86. The summed E-state index contributed by atoms with van der Waals surface area (Å²) in [6.07, 6.45) is 0. The summed E-state index contributed by atoms with van der Waals surface area (Å²) in [6.45, 7) is 6.99. The number of halogens is 1. The Hall–Kier alpha value is -1.07. The summed E-state index contributed by atoms with van der Waals surface area (Å²) >= 11 is 3.45. The van der Waals surface area contributed by atoms with Crippen molar-refractivity contribution in [1.82, 2.24) is 9.80 Å². The highest BCUT2D eigenvalue weighted by molar-refractivity contribution is 9.09. The molecule has 110 valence electrons. The van der Waals surface area contributed by atoms with Gasteiger partial charge >= 0.3 is 0 Å².